The minimum Gasteiger partial charge on any atom is -0.434 e. The van der Waals surface area contributed by atoms with Crippen LogP contribution in [-0.4, -0.2) is 24.0 Å². The summed E-state index contributed by atoms with van der Waals surface area (Å²) >= 11 is 0. The summed E-state index contributed by atoms with van der Waals surface area (Å²) in [5.41, 5.74) is 1.49. The fourth-order valence-corrected chi connectivity index (χ4v) is 3.39. The number of aliphatic hydroxyl groups is 1. The van der Waals surface area contributed by atoms with Crippen LogP contribution in [0.1, 0.15) is 76.3 Å². The Kier molecular flexibility index (Phi) is 7.76. The van der Waals surface area contributed by atoms with E-state index in [2.05, 4.69) is 31.2 Å². The van der Waals surface area contributed by atoms with E-state index in [1.807, 2.05) is 6.92 Å². The lowest BCUT2D eigenvalue weighted by Crippen LogP contribution is -2.35. The van der Waals surface area contributed by atoms with Crippen LogP contribution in [0.2, 0.25) is 0 Å². The first kappa shape index (κ1) is 19.8. The summed E-state index contributed by atoms with van der Waals surface area (Å²) in [6, 6.07) is 8.37. The largest absolute Gasteiger partial charge is 0.508 e. The van der Waals surface area contributed by atoms with Gasteiger partial charge in [0.2, 0.25) is 0 Å². The van der Waals surface area contributed by atoms with Gasteiger partial charge in [0.05, 0.1) is 12.2 Å². The molecule has 0 saturated heterocycles. The Morgan fingerprint density at radius 1 is 1.12 bits per heavy atom. The molecule has 1 N–H and O–H groups in total. The topological polar surface area (TPSA) is 55.8 Å². The van der Waals surface area contributed by atoms with Crippen molar-refractivity contribution in [2.75, 3.05) is 6.61 Å². The Morgan fingerprint density at radius 2 is 1.80 bits per heavy atom. The van der Waals surface area contributed by atoms with Crippen molar-refractivity contribution in [3.8, 4) is 0 Å². The molecule has 0 heterocycles. The molecule has 0 spiro atoms. The molecule has 2 rings (SSSR count). The zero-order chi connectivity index (χ0) is 18.1. The van der Waals surface area contributed by atoms with Crippen molar-refractivity contribution in [3.05, 3.63) is 35.4 Å². The third-order valence-corrected chi connectivity index (χ3v) is 5.01. The molecule has 140 valence electrons. The van der Waals surface area contributed by atoms with E-state index in [9.17, 15) is 9.90 Å². The Hall–Kier alpha value is -1.55. The third-order valence-electron chi connectivity index (χ3n) is 5.01. The monoisotopic (exact) mass is 348 g/mol. The van der Waals surface area contributed by atoms with Crippen LogP contribution in [0.25, 0.3) is 0 Å². The molecule has 0 aliphatic heterocycles. The summed E-state index contributed by atoms with van der Waals surface area (Å²) < 4.78 is 10.3. The van der Waals surface area contributed by atoms with Crippen LogP contribution in [0.4, 0.5) is 4.79 Å². The average molecular weight is 348 g/mol. The Labute approximate surface area is 151 Å². The second-order valence-electron chi connectivity index (χ2n) is 7.10. The number of carbonyl (C=O) groups is 1. The van der Waals surface area contributed by atoms with E-state index in [0.717, 1.165) is 18.4 Å². The van der Waals surface area contributed by atoms with Crippen molar-refractivity contribution in [2.45, 2.75) is 83.3 Å². The number of hydrogen-bond acceptors (Lipinski definition) is 4. The second-order valence-corrected chi connectivity index (χ2v) is 7.10. The predicted molar refractivity (Wildman–Crippen MR) is 98.5 cm³/mol. The van der Waals surface area contributed by atoms with Crippen LogP contribution < -0.4 is 0 Å². The normalized spacial score (nSPS) is 23.2. The molecule has 0 atom stereocenters. The third kappa shape index (κ3) is 6.03. The highest BCUT2D eigenvalue weighted by Crippen LogP contribution is 2.38. The highest BCUT2D eigenvalue weighted by atomic mass is 16.7. The van der Waals surface area contributed by atoms with E-state index >= 15 is 0 Å². The van der Waals surface area contributed by atoms with Crippen molar-refractivity contribution < 1.29 is 19.4 Å². The first-order valence-corrected chi connectivity index (χ1v) is 9.72. The maximum Gasteiger partial charge on any atom is 0.508 e. The Bertz CT molecular complexity index is 515. The molecule has 25 heavy (non-hydrogen) atoms. The molecule has 0 aromatic heterocycles. The molecular formula is C21H32O4. The van der Waals surface area contributed by atoms with Crippen molar-refractivity contribution in [1.82, 2.24) is 0 Å². The van der Waals surface area contributed by atoms with Gasteiger partial charge in [-0.25, -0.2) is 4.79 Å². The number of benzene rings is 1. The summed E-state index contributed by atoms with van der Waals surface area (Å²) in [5, 5.41) is 11.0. The summed E-state index contributed by atoms with van der Waals surface area (Å²) in [4.78, 5) is 11.5. The van der Waals surface area contributed by atoms with E-state index in [0.29, 0.717) is 32.3 Å². The van der Waals surface area contributed by atoms with Gasteiger partial charge in [-0.15, -0.1) is 0 Å². The summed E-state index contributed by atoms with van der Waals surface area (Å²) in [5.74, 6) is 0. The van der Waals surface area contributed by atoms with E-state index < -0.39 is 11.8 Å². The smallest absolute Gasteiger partial charge is 0.434 e. The van der Waals surface area contributed by atoms with E-state index in [1.165, 1.54) is 24.8 Å². The summed E-state index contributed by atoms with van der Waals surface area (Å²) in [7, 11) is 0. The van der Waals surface area contributed by atoms with Gasteiger partial charge in [-0.3, -0.25) is 0 Å². The van der Waals surface area contributed by atoms with Gasteiger partial charge in [-0.05, 0) is 56.1 Å². The van der Waals surface area contributed by atoms with Crippen molar-refractivity contribution >= 4 is 6.16 Å². The van der Waals surface area contributed by atoms with E-state index in [-0.39, 0.29) is 6.10 Å². The molecule has 0 bridgehead atoms. The number of ether oxygens (including phenoxy) is 2. The van der Waals surface area contributed by atoms with Crippen LogP contribution in [0.3, 0.4) is 0 Å². The highest BCUT2D eigenvalue weighted by molar-refractivity contribution is 5.60. The van der Waals surface area contributed by atoms with Crippen molar-refractivity contribution in [3.63, 3.8) is 0 Å². The van der Waals surface area contributed by atoms with Gasteiger partial charge in [0.25, 0.3) is 0 Å². The number of unbranched alkanes of at least 4 members (excludes halogenated alkanes) is 2. The van der Waals surface area contributed by atoms with Crippen LogP contribution in [0.15, 0.2) is 24.3 Å². The van der Waals surface area contributed by atoms with E-state index in [4.69, 9.17) is 9.47 Å². The maximum atomic E-state index is 11.5. The molecular weight excluding hydrogens is 316 g/mol. The van der Waals surface area contributed by atoms with Gasteiger partial charge in [-0.1, -0.05) is 51.0 Å². The molecule has 0 amide bonds. The Morgan fingerprint density at radius 3 is 2.40 bits per heavy atom. The predicted octanol–water partition coefficient (Wildman–Crippen LogP) is 5.11. The minimum absolute atomic E-state index is 0.155. The fourth-order valence-electron chi connectivity index (χ4n) is 3.39. The van der Waals surface area contributed by atoms with Crippen LogP contribution >= 0.6 is 0 Å². The van der Waals surface area contributed by atoms with Crippen LogP contribution in [-0.2, 0) is 21.5 Å². The average Bonchev–Trinajstić information content (AvgIpc) is 2.63. The van der Waals surface area contributed by atoms with Crippen molar-refractivity contribution in [2.24, 2.45) is 0 Å². The first-order chi connectivity index (χ1) is 12.1. The number of aryl methyl sites for hydroxylation is 1. The number of carbonyl (C=O) groups excluding carboxylic acids is 1. The zero-order valence-corrected chi connectivity index (χ0v) is 15.6. The minimum atomic E-state index is -0.810. The molecule has 1 aromatic rings. The number of hydrogen-bond donors (Lipinski definition) is 1. The molecule has 1 saturated carbocycles. The number of rotatable bonds is 8. The van der Waals surface area contributed by atoms with Crippen LogP contribution in [0.5, 0.6) is 0 Å². The standard InChI is InChI=1S/C21H32O4/c1-3-5-6-7-17-8-10-18(11-9-17)21(23)14-12-19(13-15-21)25-20(22)24-16-4-2/h8-11,19,23H,3-7,12-16H2,1-2H3. The molecule has 1 aromatic carbocycles. The van der Waals surface area contributed by atoms with Gasteiger partial charge < -0.3 is 14.6 Å². The molecule has 0 radical (unpaired) electrons. The van der Waals surface area contributed by atoms with Gasteiger partial charge in [0.15, 0.2) is 0 Å². The quantitative estimate of drug-likeness (QED) is 0.524. The Balaban J connectivity index is 1.83. The second kappa shape index (κ2) is 9.81. The lowest BCUT2D eigenvalue weighted by atomic mass is 9.78. The molecule has 1 aliphatic carbocycles. The van der Waals surface area contributed by atoms with Crippen LogP contribution in [0, 0.1) is 0 Å². The SMILES string of the molecule is CCCCCc1ccc(C2(O)CCC(OC(=O)OCCC)CC2)cc1. The van der Waals surface area contributed by atoms with E-state index in [1.54, 1.807) is 0 Å². The lowest BCUT2D eigenvalue weighted by molar-refractivity contribution is -0.0536. The van der Waals surface area contributed by atoms with Crippen molar-refractivity contribution in [1.29, 1.82) is 0 Å². The molecule has 1 fully saturated rings. The molecule has 0 unspecified atom stereocenters. The first-order valence-electron chi connectivity index (χ1n) is 9.72. The fraction of sp³-hybridized carbons (Fsp3) is 0.667. The highest BCUT2D eigenvalue weighted by Gasteiger charge is 2.36. The van der Waals surface area contributed by atoms with Gasteiger partial charge in [-0.2, -0.15) is 0 Å². The molecule has 4 nitrogen and oxygen atoms in total. The lowest BCUT2D eigenvalue weighted by Gasteiger charge is -2.36. The van der Waals surface area contributed by atoms with Gasteiger partial charge in [0, 0.05) is 0 Å². The summed E-state index contributed by atoms with van der Waals surface area (Å²) in [6.45, 7) is 4.55. The van der Waals surface area contributed by atoms with Gasteiger partial charge >= 0.3 is 6.16 Å². The molecule has 4 heteroatoms. The maximum absolute atomic E-state index is 11.5. The zero-order valence-electron chi connectivity index (χ0n) is 15.6. The summed E-state index contributed by atoms with van der Waals surface area (Å²) in [6.07, 6.45) is 7.38. The van der Waals surface area contributed by atoms with Gasteiger partial charge in [0.1, 0.15) is 6.10 Å². The molecule has 1 aliphatic rings.